The second-order valence-electron chi connectivity index (χ2n) is 6.07. The van der Waals surface area contributed by atoms with Crippen LogP contribution >= 0.6 is 11.3 Å². The van der Waals surface area contributed by atoms with Crippen molar-refractivity contribution in [3.8, 4) is 5.75 Å². The molecule has 1 aromatic heterocycles. The van der Waals surface area contributed by atoms with Crippen molar-refractivity contribution < 1.29 is 17.9 Å². The largest absolute Gasteiger partial charge is 0.497 e. The van der Waals surface area contributed by atoms with Crippen molar-refractivity contribution in [2.45, 2.75) is 18.4 Å². The zero-order chi connectivity index (χ0) is 20.1. The molecule has 1 heterocycles. The van der Waals surface area contributed by atoms with Gasteiger partial charge >= 0.3 is 0 Å². The SMILES string of the molecule is COc1ccc(NS(=O)(=O)c2cccc(C(=O)NCc3sccc3C)c2)cc1. The molecule has 0 aliphatic rings. The quantitative estimate of drug-likeness (QED) is 0.614. The first kappa shape index (κ1) is 19.9. The molecule has 0 saturated heterocycles. The van der Waals surface area contributed by atoms with Crippen LogP contribution in [0.5, 0.6) is 5.75 Å². The molecular weight excluding hydrogens is 396 g/mol. The van der Waals surface area contributed by atoms with Crippen LogP contribution in [0.25, 0.3) is 0 Å². The van der Waals surface area contributed by atoms with E-state index in [1.807, 2.05) is 18.4 Å². The molecule has 0 atom stereocenters. The van der Waals surface area contributed by atoms with Crippen LogP contribution in [0.15, 0.2) is 64.9 Å². The van der Waals surface area contributed by atoms with Crippen molar-refractivity contribution in [2.75, 3.05) is 11.8 Å². The van der Waals surface area contributed by atoms with E-state index in [1.54, 1.807) is 47.7 Å². The molecule has 0 bridgehead atoms. The van der Waals surface area contributed by atoms with Crippen LogP contribution < -0.4 is 14.8 Å². The highest BCUT2D eigenvalue weighted by molar-refractivity contribution is 7.92. The second-order valence-corrected chi connectivity index (χ2v) is 8.75. The molecule has 0 spiro atoms. The minimum absolute atomic E-state index is 0.0169. The number of carbonyl (C=O) groups excluding carboxylic acids is 1. The van der Waals surface area contributed by atoms with Crippen molar-refractivity contribution in [3.05, 3.63) is 76.0 Å². The van der Waals surface area contributed by atoms with E-state index >= 15 is 0 Å². The number of benzene rings is 2. The third-order valence-corrected chi connectivity index (χ3v) is 6.53. The first-order valence-electron chi connectivity index (χ1n) is 8.47. The number of hydrogen-bond acceptors (Lipinski definition) is 5. The van der Waals surface area contributed by atoms with Gasteiger partial charge in [0.05, 0.1) is 18.6 Å². The summed E-state index contributed by atoms with van der Waals surface area (Å²) in [5.41, 5.74) is 1.81. The Kier molecular flexibility index (Phi) is 6.01. The van der Waals surface area contributed by atoms with E-state index in [0.717, 1.165) is 10.4 Å². The highest BCUT2D eigenvalue weighted by atomic mass is 32.2. The number of aryl methyl sites for hydroxylation is 1. The molecule has 2 N–H and O–H groups in total. The van der Waals surface area contributed by atoms with Gasteiger partial charge in [-0.1, -0.05) is 6.07 Å². The first-order valence-corrected chi connectivity index (χ1v) is 10.8. The molecule has 28 heavy (non-hydrogen) atoms. The van der Waals surface area contributed by atoms with Gasteiger partial charge in [-0.05, 0) is 66.4 Å². The van der Waals surface area contributed by atoms with Gasteiger partial charge < -0.3 is 10.1 Å². The van der Waals surface area contributed by atoms with Crippen LogP contribution in [0.1, 0.15) is 20.8 Å². The second kappa shape index (κ2) is 8.45. The van der Waals surface area contributed by atoms with Crippen molar-refractivity contribution >= 4 is 33.0 Å². The number of ether oxygens (including phenoxy) is 1. The average molecular weight is 417 g/mol. The molecular formula is C20H20N2O4S2. The molecule has 0 aliphatic heterocycles. The average Bonchev–Trinajstić information content (AvgIpc) is 3.11. The van der Waals surface area contributed by atoms with Gasteiger partial charge in [-0.25, -0.2) is 8.42 Å². The third-order valence-electron chi connectivity index (χ3n) is 4.13. The molecule has 3 aromatic rings. The van der Waals surface area contributed by atoms with Gasteiger partial charge in [0.1, 0.15) is 5.75 Å². The molecule has 146 valence electrons. The third kappa shape index (κ3) is 4.71. The van der Waals surface area contributed by atoms with Gasteiger partial charge in [0.25, 0.3) is 15.9 Å². The monoisotopic (exact) mass is 416 g/mol. The van der Waals surface area contributed by atoms with Crippen LogP contribution in [0.3, 0.4) is 0 Å². The Morgan fingerprint density at radius 2 is 1.86 bits per heavy atom. The summed E-state index contributed by atoms with van der Waals surface area (Å²) in [5, 5.41) is 4.79. The summed E-state index contributed by atoms with van der Waals surface area (Å²) in [7, 11) is -2.29. The fourth-order valence-electron chi connectivity index (χ4n) is 2.53. The van der Waals surface area contributed by atoms with Crippen molar-refractivity contribution in [3.63, 3.8) is 0 Å². The standard InChI is InChI=1S/C20H20N2O4S2/c1-14-10-11-27-19(14)13-21-20(23)15-4-3-5-18(12-15)28(24,25)22-16-6-8-17(26-2)9-7-16/h3-12,22H,13H2,1-2H3,(H,21,23). The normalized spacial score (nSPS) is 11.1. The van der Waals surface area contributed by atoms with Crippen LogP contribution in [-0.4, -0.2) is 21.4 Å². The van der Waals surface area contributed by atoms with Crippen molar-refractivity contribution in [1.82, 2.24) is 5.32 Å². The minimum atomic E-state index is -3.82. The van der Waals surface area contributed by atoms with Gasteiger partial charge in [0, 0.05) is 16.1 Å². The Hall–Kier alpha value is -2.84. The highest BCUT2D eigenvalue weighted by Gasteiger charge is 2.17. The van der Waals surface area contributed by atoms with E-state index in [2.05, 4.69) is 10.0 Å². The Morgan fingerprint density at radius 1 is 1.11 bits per heavy atom. The van der Waals surface area contributed by atoms with Crippen molar-refractivity contribution in [2.24, 2.45) is 0 Å². The first-order chi connectivity index (χ1) is 13.4. The lowest BCUT2D eigenvalue weighted by atomic mass is 10.2. The summed E-state index contributed by atoms with van der Waals surface area (Å²) in [5.74, 6) is 0.303. The Bertz CT molecular complexity index is 1070. The summed E-state index contributed by atoms with van der Waals surface area (Å²) >= 11 is 1.57. The molecule has 0 radical (unpaired) electrons. The van der Waals surface area contributed by atoms with Gasteiger partial charge in [-0.2, -0.15) is 0 Å². The van der Waals surface area contributed by atoms with Crippen LogP contribution in [0, 0.1) is 6.92 Å². The number of thiophene rings is 1. The molecule has 0 fully saturated rings. The van der Waals surface area contributed by atoms with Crippen LogP contribution in [0.4, 0.5) is 5.69 Å². The lowest BCUT2D eigenvalue weighted by Gasteiger charge is -2.10. The van der Waals surface area contributed by atoms with E-state index in [0.29, 0.717) is 18.0 Å². The smallest absolute Gasteiger partial charge is 0.261 e. The summed E-state index contributed by atoms with van der Waals surface area (Å²) < 4.78 is 32.9. The Labute approximate surface area is 168 Å². The fourth-order valence-corrected chi connectivity index (χ4v) is 4.48. The fraction of sp³-hybridized carbons (Fsp3) is 0.150. The van der Waals surface area contributed by atoms with Crippen molar-refractivity contribution in [1.29, 1.82) is 0 Å². The number of nitrogens with one attached hydrogen (secondary N) is 2. The summed E-state index contributed by atoms with van der Waals surface area (Å²) in [6.45, 7) is 2.39. The highest BCUT2D eigenvalue weighted by Crippen LogP contribution is 2.20. The predicted molar refractivity (Wildman–Crippen MR) is 110 cm³/mol. The van der Waals surface area contributed by atoms with Gasteiger partial charge in [0.15, 0.2) is 0 Å². The predicted octanol–water partition coefficient (Wildman–Crippen LogP) is 3.80. The van der Waals surface area contributed by atoms with Gasteiger partial charge in [-0.3, -0.25) is 9.52 Å². The maximum Gasteiger partial charge on any atom is 0.261 e. The number of carbonyl (C=O) groups is 1. The number of sulfonamides is 1. The molecule has 8 heteroatoms. The summed E-state index contributed by atoms with van der Waals surface area (Å²) in [6.07, 6.45) is 0. The molecule has 6 nitrogen and oxygen atoms in total. The zero-order valence-corrected chi connectivity index (χ0v) is 17.1. The molecule has 1 amide bonds. The van der Waals surface area contributed by atoms with Gasteiger partial charge in [0.2, 0.25) is 0 Å². The summed E-state index contributed by atoms with van der Waals surface area (Å²) in [4.78, 5) is 13.5. The maximum absolute atomic E-state index is 12.6. The molecule has 3 rings (SSSR count). The number of hydrogen-bond donors (Lipinski definition) is 2. The maximum atomic E-state index is 12.6. The number of anilines is 1. The van der Waals surface area contributed by atoms with E-state index in [9.17, 15) is 13.2 Å². The Morgan fingerprint density at radius 3 is 2.50 bits per heavy atom. The lowest BCUT2D eigenvalue weighted by Crippen LogP contribution is -2.23. The van der Waals surface area contributed by atoms with E-state index in [1.165, 1.54) is 19.2 Å². The Balaban J connectivity index is 1.73. The topological polar surface area (TPSA) is 84.5 Å². The van der Waals surface area contributed by atoms with E-state index in [4.69, 9.17) is 4.74 Å². The molecule has 0 unspecified atom stereocenters. The summed E-state index contributed by atoms with van der Waals surface area (Å²) in [6, 6.07) is 14.5. The van der Waals surface area contributed by atoms with Crippen LogP contribution in [-0.2, 0) is 16.6 Å². The number of methoxy groups -OCH3 is 1. The van der Waals surface area contributed by atoms with E-state index < -0.39 is 10.0 Å². The number of amides is 1. The molecule has 0 saturated carbocycles. The van der Waals surface area contributed by atoms with E-state index in [-0.39, 0.29) is 16.4 Å². The van der Waals surface area contributed by atoms with Crippen LogP contribution in [0.2, 0.25) is 0 Å². The minimum Gasteiger partial charge on any atom is -0.497 e. The van der Waals surface area contributed by atoms with Gasteiger partial charge in [-0.15, -0.1) is 11.3 Å². The number of rotatable bonds is 7. The molecule has 2 aromatic carbocycles. The zero-order valence-electron chi connectivity index (χ0n) is 15.4. The lowest BCUT2D eigenvalue weighted by molar-refractivity contribution is 0.0951. The molecule has 0 aliphatic carbocycles.